The van der Waals surface area contributed by atoms with Crippen LogP contribution in [0.3, 0.4) is 0 Å². The highest BCUT2D eigenvalue weighted by atomic mass is 32.2. The molecule has 1 aliphatic heterocycles. The van der Waals surface area contributed by atoms with Crippen LogP contribution in [0.2, 0.25) is 0 Å². The Hall–Kier alpha value is -2.97. The van der Waals surface area contributed by atoms with Gasteiger partial charge in [0.15, 0.2) is 0 Å². The van der Waals surface area contributed by atoms with Crippen molar-refractivity contribution < 1.29 is 13.2 Å². The summed E-state index contributed by atoms with van der Waals surface area (Å²) in [6, 6.07) is 17.0. The molecule has 4 rings (SSSR count). The standard InChI is InChI=1S/C22H24N4O3S/c27-22(24-19-9-6-8-18(16-19)17-25-14-7-13-23-25)21-12-4-5-15-26(21)30(28,29)20-10-2-1-3-11-20/h1-3,6-11,13-14,16,21H,4-5,12,15,17H2,(H,24,27). The molecule has 8 heteroatoms. The minimum atomic E-state index is -3.73. The summed E-state index contributed by atoms with van der Waals surface area (Å²) >= 11 is 0. The summed E-state index contributed by atoms with van der Waals surface area (Å²) < 4.78 is 29.4. The molecule has 1 atom stereocenters. The van der Waals surface area contributed by atoms with Crippen molar-refractivity contribution in [2.45, 2.75) is 36.7 Å². The number of piperidine rings is 1. The molecular formula is C22H24N4O3S. The third-order valence-corrected chi connectivity index (χ3v) is 7.13. The molecule has 30 heavy (non-hydrogen) atoms. The summed E-state index contributed by atoms with van der Waals surface area (Å²) in [7, 11) is -3.73. The maximum atomic E-state index is 13.1. The highest BCUT2D eigenvalue weighted by Gasteiger charge is 2.37. The molecule has 1 saturated heterocycles. The van der Waals surface area contributed by atoms with Gasteiger partial charge in [-0.2, -0.15) is 9.40 Å². The van der Waals surface area contributed by atoms with Crippen LogP contribution in [0, 0.1) is 0 Å². The number of carbonyl (C=O) groups excluding carboxylic acids is 1. The summed E-state index contributed by atoms with van der Waals surface area (Å²) in [4.78, 5) is 13.3. The lowest BCUT2D eigenvalue weighted by atomic mass is 10.0. The van der Waals surface area contributed by atoms with Crippen LogP contribution in [0.15, 0.2) is 78.0 Å². The van der Waals surface area contributed by atoms with Crippen molar-refractivity contribution in [2.24, 2.45) is 0 Å². The summed E-state index contributed by atoms with van der Waals surface area (Å²) in [6.45, 7) is 0.934. The highest BCUT2D eigenvalue weighted by Crippen LogP contribution is 2.26. The number of hydrogen-bond acceptors (Lipinski definition) is 4. The van der Waals surface area contributed by atoms with Gasteiger partial charge in [0.25, 0.3) is 0 Å². The lowest BCUT2D eigenvalue weighted by molar-refractivity contribution is -0.120. The number of rotatable bonds is 6. The van der Waals surface area contributed by atoms with Crippen molar-refractivity contribution in [3.63, 3.8) is 0 Å². The molecule has 0 aliphatic carbocycles. The number of nitrogens with zero attached hydrogens (tertiary/aromatic N) is 3. The van der Waals surface area contributed by atoms with Gasteiger partial charge in [-0.3, -0.25) is 9.48 Å². The molecule has 1 amide bonds. The van der Waals surface area contributed by atoms with E-state index >= 15 is 0 Å². The molecule has 0 saturated carbocycles. The normalized spacial score (nSPS) is 17.5. The minimum absolute atomic E-state index is 0.214. The molecule has 3 aromatic rings. The molecule has 1 fully saturated rings. The number of nitrogens with one attached hydrogen (secondary N) is 1. The zero-order chi connectivity index (χ0) is 21.0. The van der Waals surface area contributed by atoms with Gasteiger partial charge in [-0.1, -0.05) is 36.8 Å². The number of benzene rings is 2. The monoisotopic (exact) mass is 424 g/mol. The Morgan fingerprint density at radius 3 is 2.67 bits per heavy atom. The lowest BCUT2D eigenvalue weighted by Gasteiger charge is -2.33. The molecule has 156 valence electrons. The van der Waals surface area contributed by atoms with Crippen LogP contribution in [0.5, 0.6) is 0 Å². The number of anilines is 1. The van der Waals surface area contributed by atoms with E-state index in [-0.39, 0.29) is 10.8 Å². The first-order valence-corrected chi connectivity index (χ1v) is 11.4. The summed E-state index contributed by atoms with van der Waals surface area (Å²) in [5.41, 5.74) is 1.64. The third-order valence-electron chi connectivity index (χ3n) is 5.20. The van der Waals surface area contributed by atoms with Crippen molar-refractivity contribution in [1.82, 2.24) is 14.1 Å². The van der Waals surface area contributed by atoms with Gasteiger partial charge < -0.3 is 5.32 Å². The molecule has 1 aromatic heterocycles. The van der Waals surface area contributed by atoms with Crippen molar-refractivity contribution in [3.05, 3.63) is 78.6 Å². The van der Waals surface area contributed by atoms with Crippen LogP contribution in [0.4, 0.5) is 5.69 Å². The molecule has 0 bridgehead atoms. The summed E-state index contributed by atoms with van der Waals surface area (Å²) in [5, 5.41) is 7.11. The predicted molar refractivity (Wildman–Crippen MR) is 114 cm³/mol. The first-order valence-electron chi connectivity index (χ1n) is 9.98. The summed E-state index contributed by atoms with van der Waals surface area (Å²) in [5.74, 6) is -0.301. The average molecular weight is 425 g/mol. The number of amides is 1. The lowest BCUT2D eigenvalue weighted by Crippen LogP contribution is -2.49. The van der Waals surface area contributed by atoms with E-state index in [9.17, 15) is 13.2 Å². The van der Waals surface area contributed by atoms with Crippen LogP contribution in [0.1, 0.15) is 24.8 Å². The van der Waals surface area contributed by atoms with Crippen molar-refractivity contribution >= 4 is 21.6 Å². The fourth-order valence-electron chi connectivity index (χ4n) is 3.74. The Bertz CT molecular complexity index is 1100. The van der Waals surface area contributed by atoms with Gasteiger partial charge in [-0.05, 0) is 48.7 Å². The zero-order valence-electron chi connectivity index (χ0n) is 16.5. The molecule has 0 radical (unpaired) electrons. The highest BCUT2D eigenvalue weighted by molar-refractivity contribution is 7.89. The molecular weight excluding hydrogens is 400 g/mol. The molecule has 2 heterocycles. The van der Waals surface area contributed by atoms with Gasteiger partial charge in [0.2, 0.25) is 15.9 Å². The van der Waals surface area contributed by atoms with E-state index < -0.39 is 16.1 Å². The number of aromatic nitrogens is 2. The van der Waals surface area contributed by atoms with E-state index in [2.05, 4.69) is 10.4 Å². The van der Waals surface area contributed by atoms with Gasteiger partial charge in [-0.25, -0.2) is 8.42 Å². The maximum Gasteiger partial charge on any atom is 0.243 e. The zero-order valence-corrected chi connectivity index (χ0v) is 17.3. The molecule has 1 N–H and O–H groups in total. The van der Waals surface area contributed by atoms with Crippen molar-refractivity contribution in [1.29, 1.82) is 0 Å². The van der Waals surface area contributed by atoms with Crippen molar-refractivity contribution in [2.75, 3.05) is 11.9 Å². The first kappa shape index (κ1) is 20.3. The minimum Gasteiger partial charge on any atom is -0.325 e. The third kappa shape index (κ3) is 4.44. The Morgan fingerprint density at radius 1 is 1.07 bits per heavy atom. The van der Waals surface area contributed by atoms with Crippen LogP contribution in [-0.4, -0.2) is 41.0 Å². The van der Waals surface area contributed by atoms with Gasteiger partial charge in [0.05, 0.1) is 11.4 Å². The van der Waals surface area contributed by atoms with E-state index in [0.29, 0.717) is 25.2 Å². The fourth-order valence-corrected chi connectivity index (χ4v) is 5.41. The van der Waals surface area contributed by atoms with Crippen molar-refractivity contribution in [3.8, 4) is 0 Å². The second-order valence-electron chi connectivity index (χ2n) is 7.33. The second-order valence-corrected chi connectivity index (χ2v) is 9.22. The molecule has 2 aromatic carbocycles. The fraction of sp³-hybridized carbons (Fsp3) is 0.273. The van der Waals surface area contributed by atoms with E-state index in [0.717, 1.165) is 18.4 Å². The molecule has 1 unspecified atom stereocenters. The van der Waals surface area contributed by atoms with E-state index in [1.807, 2.05) is 36.5 Å². The number of sulfonamides is 1. The van der Waals surface area contributed by atoms with Crippen LogP contribution in [-0.2, 0) is 21.4 Å². The van der Waals surface area contributed by atoms with Gasteiger partial charge in [0.1, 0.15) is 6.04 Å². The first-order chi connectivity index (χ1) is 14.5. The Kier molecular flexibility index (Phi) is 5.96. The molecule has 0 spiro atoms. The average Bonchev–Trinajstić information content (AvgIpc) is 3.27. The van der Waals surface area contributed by atoms with E-state index in [4.69, 9.17) is 0 Å². The van der Waals surface area contributed by atoms with Gasteiger partial charge >= 0.3 is 0 Å². The van der Waals surface area contributed by atoms with Crippen LogP contribution >= 0.6 is 0 Å². The smallest absolute Gasteiger partial charge is 0.243 e. The summed E-state index contributed by atoms with van der Waals surface area (Å²) in [6.07, 6.45) is 5.66. The number of carbonyl (C=O) groups is 1. The van der Waals surface area contributed by atoms with Crippen LogP contribution in [0.25, 0.3) is 0 Å². The Labute approximate surface area is 176 Å². The largest absolute Gasteiger partial charge is 0.325 e. The number of hydrogen-bond donors (Lipinski definition) is 1. The quantitative estimate of drug-likeness (QED) is 0.659. The Morgan fingerprint density at radius 2 is 1.90 bits per heavy atom. The predicted octanol–water partition coefficient (Wildman–Crippen LogP) is 3.11. The second kappa shape index (κ2) is 8.81. The SMILES string of the molecule is O=C(Nc1cccc(Cn2cccn2)c1)C1CCCCN1S(=O)(=O)c1ccccc1. The Balaban J connectivity index is 1.52. The van der Waals surface area contributed by atoms with Gasteiger partial charge in [-0.15, -0.1) is 0 Å². The van der Waals surface area contributed by atoms with Gasteiger partial charge in [0, 0.05) is 24.6 Å². The van der Waals surface area contributed by atoms with E-state index in [1.165, 1.54) is 4.31 Å². The van der Waals surface area contributed by atoms with Crippen LogP contribution < -0.4 is 5.32 Å². The maximum absolute atomic E-state index is 13.1. The molecule has 7 nitrogen and oxygen atoms in total. The topological polar surface area (TPSA) is 84.3 Å². The van der Waals surface area contributed by atoms with E-state index in [1.54, 1.807) is 41.2 Å². The molecule has 1 aliphatic rings.